The predicted molar refractivity (Wildman–Crippen MR) is 60.3 cm³/mol. The van der Waals surface area contributed by atoms with E-state index in [4.69, 9.17) is 5.26 Å². The summed E-state index contributed by atoms with van der Waals surface area (Å²) in [7, 11) is 0. The topological polar surface area (TPSA) is 71.1 Å². The number of pyridine rings is 1. The molecule has 0 spiro atoms. The van der Waals surface area contributed by atoms with Crippen molar-refractivity contribution in [3.63, 3.8) is 0 Å². The van der Waals surface area contributed by atoms with Gasteiger partial charge in [-0.25, -0.2) is 9.78 Å². The highest BCUT2D eigenvalue weighted by molar-refractivity contribution is 7.99. The Hall–Kier alpha value is -1.87. The molecule has 2 rings (SSSR count). The van der Waals surface area contributed by atoms with Gasteiger partial charge in [0.2, 0.25) is 0 Å². The maximum absolute atomic E-state index is 11.6. The van der Waals surface area contributed by atoms with Crippen LogP contribution in [-0.2, 0) is 0 Å². The zero-order valence-corrected chi connectivity index (χ0v) is 9.36. The predicted octanol–water partition coefficient (Wildman–Crippen LogP) is 1.01. The van der Waals surface area contributed by atoms with Crippen molar-refractivity contribution in [1.82, 2.24) is 14.4 Å². The van der Waals surface area contributed by atoms with E-state index >= 15 is 0 Å². The lowest BCUT2D eigenvalue weighted by molar-refractivity contribution is 0.846. The van der Waals surface area contributed by atoms with Gasteiger partial charge >= 0.3 is 5.69 Å². The Morgan fingerprint density at radius 2 is 2.38 bits per heavy atom. The van der Waals surface area contributed by atoms with Crippen LogP contribution in [0.4, 0.5) is 0 Å². The summed E-state index contributed by atoms with van der Waals surface area (Å²) in [6.07, 6.45) is 1.64. The fraction of sp³-hybridized carbons (Fsp3) is 0.200. The van der Waals surface area contributed by atoms with Crippen molar-refractivity contribution in [2.75, 3.05) is 5.75 Å². The molecule has 0 saturated heterocycles. The Morgan fingerprint density at radius 1 is 1.56 bits per heavy atom. The summed E-state index contributed by atoms with van der Waals surface area (Å²) in [5.41, 5.74) is 1.21. The molecule has 0 aliphatic carbocycles. The zero-order valence-electron chi connectivity index (χ0n) is 8.54. The van der Waals surface area contributed by atoms with Gasteiger partial charge in [0.25, 0.3) is 0 Å². The minimum absolute atomic E-state index is 0.238. The summed E-state index contributed by atoms with van der Waals surface area (Å²) in [5.74, 6) is 0.238. The van der Waals surface area contributed by atoms with Crippen molar-refractivity contribution in [2.24, 2.45) is 0 Å². The first-order valence-corrected chi connectivity index (χ1v) is 5.56. The molecule has 0 amide bonds. The Balaban J connectivity index is 2.57. The van der Waals surface area contributed by atoms with E-state index in [1.807, 2.05) is 19.1 Å². The minimum Gasteiger partial charge on any atom is -0.251 e. The summed E-state index contributed by atoms with van der Waals surface area (Å²) in [6.45, 7) is 1.93. The molecular formula is C10H8N4OS. The highest BCUT2D eigenvalue weighted by Crippen LogP contribution is 2.11. The van der Waals surface area contributed by atoms with E-state index in [0.717, 1.165) is 17.3 Å². The SMILES string of the molecule is Cc1ccn2c(=O)nc(SCC#N)nc2c1. The lowest BCUT2D eigenvalue weighted by atomic mass is 10.3. The van der Waals surface area contributed by atoms with Gasteiger partial charge in [-0.2, -0.15) is 10.2 Å². The van der Waals surface area contributed by atoms with Crippen molar-refractivity contribution >= 4 is 17.4 Å². The number of fused-ring (bicyclic) bond motifs is 1. The third-order valence-corrected chi connectivity index (χ3v) is 2.68. The maximum atomic E-state index is 11.6. The van der Waals surface area contributed by atoms with Gasteiger partial charge in [-0.1, -0.05) is 11.8 Å². The second kappa shape index (κ2) is 4.33. The van der Waals surface area contributed by atoms with Crippen LogP contribution in [0.5, 0.6) is 0 Å². The van der Waals surface area contributed by atoms with Gasteiger partial charge in [0, 0.05) is 6.20 Å². The molecule has 0 aliphatic heterocycles. The van der Waals surface area contributed by atoms with Crippen LogP contribution >= 0.6 is 11.8 Å². The number of rotatable bonds is 2. The third kappa shape index (κ3) is 2.04. The number of hydrogen-bond acceptors (Lipinski definition) is 5. The fourth-order valence-corrected chi connectivity index (χ4v) is 1.75. The number of nitriles is 1. The molecule has 0 radical (unpaired) electrons. The standard InChI is InChI=1S/C10H8N4OS/c1-7-2-4-14-8(6-7)12-9(13-10(14)15)16-5-3-11/h2,4,6H,5H2,1H3. The molecule has 0 N–H and O–H groups in total. The third-order valence-electron chi connectivity index (χ3n) is 1.96. The van der Waals surface area contributed by atoms with Crippen LogP contribution in [0.2, 0.25) is 0 Å². The minimum atomic E-state index is -0.370. The van der Waals surface area contributed by atoms with Crippen LogP contribution in [0, 0.1) is 18.3 Å². The highest BCUT2D eigenvalue weighted by atomic mass is 32.2. The first-order chi connectivity index (χ1) is 7.70. The van der Waals surface area contributed by atoms with Crippen LogP contribution in [0.1, 0.15) is 5.56 Å². The van der Waals surface area contributed by atoms with Crippen LogP contribution < -0.4 is 5.69 Å². The number of aromatic nitrogens is 3. The quantitative estimate of drug-likeness (QED) is 0.723. The van der Waals surface area contributed by atoms with Crippen molar-refractivity contribution in [3.05, 3.63) is 34.4 Å². The van der Waals surface area contributed by atoms with E-state index in [1.54, 1.807) is 12.3 Å². The number of aryl methyl sites for hydroxylation is 1. The van der Waals surface area contributed by atoms with Gasteiger partial charge in [0.1, 0.15) is 5.65 Å². The van der Waals surface area contributed by atoms with E-state index in [-0.39, 0.29) is 11.4 Å². The van der Waals surface area contributed by atoms with E-state index in [9.17, 15) is 4.79 Å². The molecule has 2 heterocycles. The van der Waals surface area contributed by atoms with Gasteiger partial charge in [0.05, 0.1) is 11.8 Å². The summed E-state index contributed by atoms with van der Waals surface area (Å²) in [4.78, 5) is 19.6. The Bertz CT molecular complexity index is 629. The molecule has 0 fully saturated rings. The largest absolute Gasteiger partial charge is 0.355 e. The maximum Gasteiger partial charge on any atom is 0.355 e. The number of nitrogens with zero attached hydrogens (tertiary/aromatic N) is 4. The average Bonchev–Trinajstić information content (AvgIpc) is 2.25. The molecule has 16 heavy (non-hydrogen) atoms. The van der Waals surface area contributed by atoms with Crippen molar-refractivity contribution in [2.45, 2.75) is 12.1 Å². The molecule has 2 aromatic rings. The highest BCUT2D eigenvalue weighted by Gasteiger charge is 2.03. The van der Waals surface area contributed by atoms with E-state index in [1.165, 1.54) is 4.40 Å². The summed E-state index contributed by atoms with van der Waals surface area (Å²) in [5, 5.41) is 8.79. The average molecular weight is 232 g/mol. The lowest BCUT2D eigenvalue weighted by Crippen LogP contribution is -2.19. The molecule has 2 aromatic heterocycles. The van der Waals surface area contributed by atoms with Gasteiger partial charge in [0.15, 0.2) is 5.16 Å². The summed E-state index contributed by atoms with van der Waals surface area (Å²) in [6, 6.07) is 5.59. The number of hydrogen-bond donors (Lipinski definition) is 0. The molecule has 0 saturated carbocycles. The second-order valence-electron chi connectivity index (χ2n) is 3.17. The second-order valence-corrected chi connectivity index (χ2v) is 4.11. The van der Waals surface area contributed by atoms with E-state index in [2.05, 4.69) is 9.97 Å². The van der Waals surface area contributed by atoms with Crippen LogP contribution in [0.3, 0.4) is 0 Å². The molecule has 80 valence electrons. The Kier molecular flexibility index (Phi) is 2.88. The smallest absolute Gasteiger partial charge is 0.251 e. The molecular weight excluding hydrogens is 224 g/mol. The van der Waals surface area contributed by atoms with Crippen LogP contribution in [-0.4, -0.2) is 20.1 Å². The lowest BCUT2D eigenvalue weighted by Gasteiger charge is -2.01. The zero-order chi connectivity index (χ0) is 11.5. The van der Waals surface area contributed by atoms with Crippen molar-refractivity contribution in [1.29, 1.82) is 5.26 Å². The Labute approximate surface area is 95.8 Å². The Morgan fingerprint density at radius 3 is 3.12 bits per heavy atom. The van der Waals surface area contributed by atoms with Gasteiger partial charge in [-0.15, -0.1) is 0 Å². The monoisotopic (exact) mass is 232 g/mol. The molecule has 5 nitrogen and oxygen atoms in total. The van der Waals surface area contributed by atoms with Gasteiger partial charge in [-0.05, 0) is 24.6 Å². The fourth-order valence-electron chi connectivity index (χ4n) is 1.26. The normalized spacial score (nSPS) is 10.2. The molecule has 0 aromatic carbocycles. The molecule has 6 heteroatoms. The van der Waals surface area contributed by atoms with Crippen LogP contribution in [0.25, 0.3) is 5.65 Å². The van der Waals surface area contributed by atoms with E-state index < -0.39 is 0 Å². The van der Waals surface area contributed by atoms with Crippen LogP contribution in [0.15, 0.2) is 28.3 Å². The first kappa shape index (κ1) is 10.6. The molecule has 0 atom stereocenters. The number of thioether (sulfide) groups is 1. The molecule has 0 aliphatic rings. The van der Waals surface area contributed by atoms with Crippen molar-refractivity contribution in [3.8, 4) is 6.07 Å². The van der Waals surface area contributed by atoms with Crippen molar-refractivity contribution < 1.29 is 0 Å². The van der Waals surface area contributed by atoms with Gasteiger partial charge < -0.3 is 0 Å². The van der Waals surface area contributed by atoms with Gasteiger partial charge in [-0.3, -0.25) is 4.40 Å². The first-order valence-electron chi connectivity index (χ1n) is 4.57. The summed E-state index contributed by atoms with van der Waals surface area (Å²) < 4.78 is 1.38. The molecule has 0 unspecified atom stereocenters. The van der Waals surface area contributed by atoms with E-state index in [0.29, 0.717) is 10.8 Å². The summed E-state index contributed by atoms with van der Waals surface area (Å²) >= 11 is 1.16. The molecule has 0 bridgehead atoms.